The van der Waals surface area contributed by atoms with Gasteiger partial charge in [0.25, 0.3) is 17.4 Å². The van der Waals surface area contributed by atoms with Crippen molar-refractivity contribution in [2.24, 2.45) is 0 Å². The number of hydrogen-bond acceptors (Lipinski definition) is 5. The van der Waals surface area contributed by atoms with E-state index in [-0.39, 0.29) is 17.0 Å². The Morgan fingerprint density at radius 2 is 1.65 bits per heavy atom. The van der Waals surface area contributed by atoms with Gasteiger partial charge >= 0.3 is 0 Å². The van der Waals surface area contributed by atoms with Gasteiger partial charge in [-0.3, -0.25) is 19.7 Å². The summed E-state index contributed by atoms with van der Waals surface area (Å²) in [5, 5.41) is 21.5. The van der Waals surface area contributed by atoms with Gasteiger partial charge in [-0.05, 0) is 24.6 Å². The fourth-order valence-corrected chi connectivity index (χ4v) is 2.98. The molecule has 1 unspecified atom stereocenters. The van der Waals surface area contributed by atoms with Crippen LogP contribution in [-0.4, -0.2) is 33.7 Å². The van der Waals surface area contributed by atoms with Crippen LogP contribution in [0.15, 0.2) is 54.1 Å². The second-order valence-corrected chi connectivity index (χ2v) is 6.12. The molecule has 1 aliphatic heterocycles. The van der Waals surface area contributed by atoms with Crippen LogP contribution < -0.4 is 0 Å². The lowest BCUT2D eigenvalue weighted by Gasteiger charge is -2.20. The smallest absolute Gasteiger partial charge is 0.295 e. The maximum absolute atomic E-state index is 12.4. The first-order valence-corrected chi connectivity index (χ1v) is 7.87. The van der Waals surface area contributed by atoms with Crippen LogP contribution in [0.1, 0.15) is 22.7 Å². The van der Waals surface area contributed by atoms with Gasteiger partial charge in [-0.2, -0.15) is 0 Å². The number of rotatable bonds is 3. The number of likely N-dealkylation sites (N-methyl/N-ethyl adjacent to an activating group) is 1. The molecule has 1 heterocycles. The highest BCUT2D eigenvalue weighted by atomic mass is 16.6. The van der Waals surface area contributed by atoms with Gasteiger partial charge in [0.05, 0.1) is 16.5 Å². The molecular formula is C19H16N2O5. The highest BCUT2D eigenvalue weighted by molar-refractivity contribution is 6.46. The zero-order valence-corrected chi connectivity index (χ0v) is 14.2. The average molecular weight is 352 g/mol. The number of nitrogens with zero attached hydrogens (tertiary/aromatic N) is 2. The zero-order valence-electron chi connectivity index (χ0n) is 14.2. The molecule has 1 atom stereocenters. The molecule has 1 fully saturated rings. The van der Waals surface area contributed by atoms with Crippen LogP contribution in [0.3, 0.4) is 0 Å². The van der Waals surface area contributed by atoms with Crippen LogP contribution in [0.5, 0.6) is 0 Å². The van der Waals surface area contributed by atoms with Crippen LogP contribution in [0, 0.1) is 17.0 Å². The van der Waals surface area contributed by atoms with Gasteiger partial charge in [-0.15, -0.1) is 0 Å². The quantitative estimate of drug-likeness (QED) is 0.301. The van der Waals surface area contributed by atoms with E-state index < -0.39 is 22.7 Å². The summed E-state index contributed by atoms with van der Waals surface area (Å²) >= 11 is 0. The summed E-state index contributed by atoms with van der Waals surface area (Å²) in [6.45, 7) is 1.89. The van der Waals surface area contributed by atoms with Crippen molar-refractivity contribution >= 4 is 23.1 Å². The minimum atomic E-state index is -0.808. The number of likely N-dealkylation sites (tertiary alicyclic amines) is 1. The molecule has 2 aromatic carbocycles. The predicted octanol–water partition coefficient (Wildman–Crippen LogP) is 2.95. The first-order valence-electron chi connectivity index (χ1n) is 7.87. The van der Waals surface area contributed by atoms with Crippen LogP contribution in [0.25, 0.3) is 5.76 Å². The van der Waals surface area contributed by atoms with Crippen LogP contribution in [-0.2, 0) is 9.59 Å². The topological polar surface area (TPSA) is 101 Å². The fraction of sp³-hybridized carbons (Fsp3) is 0.158. The predicted molar refractivity (Wildman–Crippen MR) is 94.3 cm³/mol. The van der Waals surface area contributed by atoms with E-state index in [1.54, 1.807) is 24.3 Å². The third-order valence-corrected chi connectivity index (χ3v) is 4.42. The molecule has 0 aromatic heterocycles. The third kappa shape index (κ3) is 2.83. The Labute approximate surface area is 149 Å². The summed E-state index contributed by atoms with van der Waals surface area (Å²) < 4.78 is 0. The van der Waals surface area contributed by atoms with E-state index in [4.69, 9.17) is 0 Å². The molecule has 3 rings (SSSR count). The van der Waals surface area contributed by atoms with Crippen LogP contribution >= 0.6 is 0 Å². The second kappa shape index (κ2) is 6.44. The van der Waals surface area contributed by atoms with E-state index in [9.17, 15) is 24.8 Å². The molecule has 0 spiro atoms. The molecule has 132 valence electrons. The van der Waals surface area contributed by atoms with Crippen molar-refractivity contribution in [1.82, 2.24) is 4.90 Å². The van der Waals surface area contributed by atoms with Crippen molar-refractivity contribution in [2.45, 2.75) is 13.0 Å². The number of non-ortho nitro benzene ring substituents is 1. The molecule has 26 heavy (non-hydrogen) atoms. The monoisotopic (exact) mass is 352 g/mol. The number of aryl methyl sites for hydroxylation is 1. The van der Waals surface area contributed by atoms with E-state index in [1.165, 1.54) is 36.2 Å². The highest BCUT2D eigenvalue weighted by Crippen LogP contribution is 2.38. The van der Waals surface area contributed by atoms with Gasteiger partial charge in [0, 0.05) is 24.7 Å². The van der Waals surface area contributed by atoms with Crippen molar-refractivity contribution in [2.75, 3.05) is 7.05 Å². The second-order valence-electron chi connectivity index (χ2n) is 6.12. The van der Waals surface area contributed by atoms with Crippen molar-refractivity contribution in [1.29, 1.82) is 0 Å². The van der Waals surface area contributed by atoms with Gasteiger partial charge in [0.1, 0.15) is 5.76 Å². The number of amides is 1. The van der Waals surface area contributed by atoms with Crippen LogP contribution in [0.2, 0.25) is 0 Å². The zero-order chi connectivity index (χ0) is 19.0. The average Bonchev–Trinajstić information content (AvgIpc) is 2.86. The molecule has 1 N–H and O–H groups in total. The third-order valence-electron chi connectivity index (χ3n) is 4.42. The molecule has 0 bridgehead atoms. The van der Waals surface area contributed by atoms with Gasteiger partial charge in [0.15, 0.2) is 0 Å². The van der Waals surface area contributed by atoms with Gasteiger partial charge in [-0.25, -0.2) is 0 Å². The van der Waals surface area contributed by atoms with Crippen molar-refractivity contribution in [3.63, 3.8) is 0 Å². The summed E-state index contributed by atoms with van der Waals surface area (Å²) in [5.41, 5.74) is 1.79. The molecule has 0 radical (unpaired) electrons. The highest BCUT2D eigenvalue weighted by Gasteiger charge is 2.44. The maximum atomic E-state index is 12.4. The molecule has 1 saturated heterocycles. The molecular weight excluding hydrogens is 336 g/mol. The van der Waals surface area contributed by atoms with Crippen molar-refractivity contribution in [3.05, 3.63) is 80.9 Å². The first kappa shape index (κ1) is 17.3. The summed E-state index contributed by atoms with van der Waals surface area (Å²) in [4.78, 5) is 36.1. The lowest BCUT2D eigenvalue weighted by atomic mass is 9.95. The molecule has 0 saturated carbocycles. The van der Waals surface area contributed by atoms with Crippen molar-refractivity contribution < 1.29 is 19.6 Å². The largest absolute Gasteiger partial charge is 0.507 e. The molecule has 1 aliphatic rings. The Bertz CT molecular complexity index is 929. The summed E-state index contributed by atoms with van der Waals surface area (Å²) in [6, 6.07) is 11.7. The summed E-state index contributed by atoms with van der Waals surface area (Å²) in [5.74, 6) is -1.79. The minimum Gasteiger partial charge on any atom is -0.507 e. The number of nitro benzene ring substituents is 1. The Balaban J connectivity index is 2.13. The molecule has 7 heteroatoms. The molecule has 1 amide bonds. The lowest BCUT2D eigenvalue weighted by Crippen LogP contribution is -2.24. The summed E-state index contributed by atoms with van der Waals surface area (Å²) in [7, 11) is 1.46. The standard InChI is InChI=1S/C19H16N2O5/c1-11-3-5-13(6-4-11)17(22)15-16(20(2)19(24)18(15)23)12-7-9-14(10-8-12)21(25)26/h3-10,16,22H,1-2H3/b17-15-. The van der Waals surface area contributed by atoms with E-state index >= 15 is 0 Å². The number of nitro groups is 1. The normalized spacial score (nSPS) is 19.0. The number of benzene rings is 2. The Kier molecular flexibility index (Phi) is 4.29. The molecule has 7 nitrogen and oxygen atoms in total. The fourth-order valence-electron chi connectivity index (χ4n) is 2.98. The van der Waals surface area contributed by atoms with Gasteiger partial charge in [0.2, 0.25) is 0 Å². The number of aliphatic hydroxyl groups excluding tert-OH is 1. The molecule has 0 aliphatic carbocycles. The Morgan fingerprint density at radius 1 is 1.08 bits per heavy atom. The number of Topliss-reactive ketones (excluding diaryl/α,β-unsaturated/α-hetero) is 1. The number of aliphatic hydroxyl groups is 1. The summed E-state index contributed by atoms with van der Waals surface area (Å²) in [6.07, 6.45) is 0. The van der Waals surface area contributed by atoms with Gasteiger partial charge in [-0.1, -0.05) is 29.8 Å². The van der Waals surface area contributed by atoms with E-state index in [0.29, 0.717) is 11.1 Å². The van der Waals surface area contributed by atoms with Crippen LogP contribution in [0.4, 0.5) is 5.69 Å². The van der Waals surface area contributed by atoms with Gasteiger partial charge < -0.3 is 10.0 Å². The number of carbonyl (C=O) groups excluding carboxylic acids is 2. The lowest BCUT2D eigenvalue weighted by molar-refractivity contribution is -0.384. The van der Waals surface area contributed by atoms with E-state index in [0.717, 1.165) is 5.56 Å². The minimum absolute atomic E-state index is 0.0322. The van der Waals surface area contributed by atoms with E-state index in [2.05, 4.69) is 0 Å². The maximum Gasteiger partial charge on any atom is 0.295 e. The van der Waals surface area contributed by atoms with Crippen molar-refractivity contribution in [3.8, 4) is 0 Å². The Morgan fingerprint density at radius 3 is 2.19 bits per heavy atom. The van der Waals surface area contributed by atoms with E-state index in [1.807, 2.05) is 6.92 Å². The number of hydrogen-bond donors (Lipinski definition) is 1. The number of ketones is 1. The first-order chi connectivity index (χ1) is 12.3. The molecule has 2 aromatic rings. The number of carbonyl (C=O) groups is 2. The SMILES string of the molecule is Cc1ccc(/C(O)=C2/C(=O)C(=O)N(C)C2c2ccc([N+](=O)[O-])cc2)cc1. The Hall–Kier alpha value is -3.48.